The van der Waals surface area contributed by atoms with Gasteiger partial charge in [0.25, 0.3) is 0 Å². The van der Waals surface area contributed by atoms with Gasteiger partial charge in [-0.25, -0.2) is 9.97 Å². The number of thiophene rings is 1. The predicted octanol–water partition coefficient (Wildman–Crippen LogP) is 3.89. The molecule has 2 N–H and O–H groups in total. The molecule has 2 aromatic heterocycles. The zero-order chi connectivity index (χ0) is 18.1. The number of amides is 1. The van der Waals surface area contributed by atoms with E-state index in [9.17, 15) is 4.79 Å². The van der Waals surface area contributed by atoms with Gasteiger partial charge in [-0.05, 0) is 56.4 Å². The first-order valence-corrected chi connectivity index (χ1v) is 11.4. The Hall–Kier alpha value is -1.34. The van der Waals surface area contributed by atoms with Gasteiger partial charge in [-0.2, -0.15) is 0 Å². The summed E-state index contributed by atoms with van der Waals surface area (Å²) in [6.07, 6.45) is 8.21. The van der Waals surface area contributed by atoms with E-state index in [1.54, 1.807) is 11.3 Å². The van der Waals surface area contributed by atoms with E-state index in [0.717, 1.165) is 48.5 Å². The van der Waals surface area contributed by atoms with Crippen LogP contribution in [0.1, 0.15) is 49.5 Å². The number of hydrogen-bond acceptors (Lipinski definition) is 6. The van der Waals surface area contributed by atoms with Crippen LogP contribution in [0.5, 0.6) is 0 Å². The molecule has 140 valence electrons. The Morgan fingerprint density at radius 3 is 2.88 bits per heavy atom. The van der Waals surface area contributed by atoms with E-state index in [1.165, 1.54) is 47.9 Å². The Kier molecular flexibility index (Phi) is 5.36. The lowest BCUT2D eigenvalue weighted by atomic mass is 9.97. The molecular weight excluding hydrogens is 364 g/mol. The molecule has 2 aromatic rings. The van der Waals surface area contributed by atoms with Gasteiger partial charge in [0.15, 0.2) is 5.16 Å². The van der Waals surface area contributed by atoms with Crippen molar-refractivity contribution in [1.29, 1.82) is 0 Å². The second-order valence-corrected chi connectivity index (χ2v) is 9.38. The SMILES string of the molecule is CCCN(CC1CC1)C(=O)CSc1nc(N)c2c3c(sc2n1)CCCC3. The Morgan fingerprint density at radius 2 is 2.12 bits per heavy atom. The summed E-state index contributed by atoms with van der Waals surface area (Å²) >= 11 is 3.17. The lowest BCUT2D eigenvalue weighted by Crippen LogP contribution is -2.34. The third-order valence-corrected chi connectivity index (χ3v) is 7.19. The van der Waals surface area contributed by atoms with Crippen molar-refractivity contribution < 1.29 is 4.79 Å². The molecule has 4 rings (SSSR count). The minimum absolute atomic E-state index is 0.191. The molecule has 1 amide bonds. The van der Waals surface area contributed by atoms with E-state index in [0.29, 0.717) is 16.7 Å². The molecule has 7 heteroatoms. The van der Waals surface area contributed by atoms with Crippen molar-refractivity contribution in [3.63, 3.8) is 0 Å². The molecule has 0 aromatic carbocycles. The summed E-state index contributed by atoms with van der Waals surface area (Å²) < 4.78 is 0. The van der Waals surface area contributed by atoms with E-state index < -0.39 is 0 Å². The molecule has 2 aliphatic rings. The number of nitrogen functional groups attached to an aromatic ring is 1. The first kappa shape index (κ1) is 18.0. The quantitative estimate of drug-likeness (QED) is 0.573. The largest absolute Gasteiger partial charge is 0.383 e. The molecule has 2 heterocycles. The molecule has 0 aliphatic heterocycles. The van der Waals surface area contributed by atoms with Gasteiger partial charge in [0, 0.05) is 18.0 Å². The van der Waals surface area contributed by atoms with Crippen LogP contribution in [-0.4, -0.2) is 39.6 Å². The number of carbonyl (C=O) groups excluding carboxylic acids is 1. The number of nitrogens with zero attached hydrogens (tertiary/aromatic N) is 3. The zero-order valence-corrected chi connectivity index (χ0v) is 16.9. The lowest BCUT2D eigenvalue weighted by Gasteiger charge is -2.21. The third-order valence-electron chi connectivity index (χ3n) is 5.17. The summed E-state index contributed by atoms with van der Waals surface area (Å²) in [5, 5.41) is 1.69. The summed E-state index contributed by atoms with van der Waals surface area (Å²) in [5.74, 6) is 1.88. The molecule has 0 spiro atoms. The van der Waals surface area contributed by atoms with Crippen molar-refractivity contribution >= 4 is 45.0 Å². The topological polar surface area (TPSA) is 72.1 Å². The van der Waals surface area contributed by atoms with Crippen LogP contribution >= 0.6 is 23.1 Å². The van der Waals surface area contributed by atoms with E-state index in [-0.39, 0.29) is 5.91 Å². The number of nitrogens with two attached hydrogens (primary N) is 1. The molecule has 2 aliphatic carbocycles. The number of aryl methyl sites for hydroxylation is 2. The minimum Gasteiger partial charge on any atom is -0.383 e. The van der Waals surface area contributed by atoms with Gasteiger partial charge in [0.1, 0.15) is 10.6 Å². The van der Waals surface area contributed by atoms with Gasteiger partial charge in [-0.1, -0.05) is 18.7 Å². The second-order valence-electron chi connectivity index (χ2n) is 7.35. The Morgan fingerprint density at radius 1 is 1.31 bits per heavy atom. The molecule has 5 nitrogen and oxygen atoms in total. The summed E-state index contributed by atoms with van der Waals surface area (Å²) in [5.41, 5.74) is 7.62. The van der Waals surface area contributed by atoms with Gasteiger partial charge < -0.3 is 10.6 Å². The van der Waals surface area contributed by atoms with Crippen LogP contribution in [0.3, 0.4) is 0 Å². The van der Waals surface area contributed by atoms with Crippen molar-refractivity contribution in [3.05, 3.63) is 10.4 Å². The van der Waals surface area contributed by atoms with Crippen molar-refractivity contribution in [2.75, 3.05) is 24.6 Å². The number of carbonyl (C=O) groups is 1. The van der Waals surface area contributed by atoms with Crippen LogP contribution in [-0.2, 0) is 17.6 Å². The van der Waals surface area contributed by atoms with Crippen LogP contribution in [0.15, 0.2) is 5.16 Å². The number of fused-ring (bicyclic) bond motifs is 3. The fraction of sp³-hybridized carbons (Fsp3) is 0.632. The summed E-state index contributed by atoms with van der Waals surface area (Å²) in [4.78, 5) is 26.2. The van der Waals surface area contributed by atoms with Crippen LogP contribution in [0.25, 0.3) is 10.2 Å². The average molecular weight is 391 g/mol. The Bertz CT molecular complexity index is 815. The second kappa shape index (κ2) is 7.72. The molecule has 0 atom stereocenters. The number of hydrogen-bond donors (Lipinski definition) is 1. The molecule has 1 fully saturated rings. The van der Waals surface area contributed by atoms with Crippen molar-refractivity contribution in [2.24, 2.45) is 5.92 Å². The molecule has 0 unspecified atom stereocenters. The van der Waals surface area contributed by atoms with Crippen molar-refractivity contribution in [2.45, 2.75) is 57.0 Å². The maximum Gasteiger partial charge on any atom is 0.233 e. The normalized spacial score (nSPS) is 16.7. The van der Waals surface area contributed by atoms with Crippen LogP contribution in [0, 0.1) is 5.92 Å². The standard InChI is InChI=1S/C19H26N4OS2/c1-2-9-23(10-12-7-8-12)15(24)11-25-19-21-17(20)16-13-5-3-4-6-14(13)26-18(16)22-19/h12H,2-11H2,1H3,(H2,20,21,22). The fourth-order valence-corrected chi connectivity index (χ4v) is 5.73. The van der Waals surface area contributed by atoms with E-state index in [1.807, 2.05) is 4.90 Å². The molecule has 0 radical (unpaired) electrons. The fourth-order valence-electron chi connectivity index (χ4n) is 3.65. The van der Waals surface area contributed by atoms with Crippen molar-refractivity contribution in [3.8, 4) is 0 Å². The van der Waals surface area contributed by atoms with Gasteiger partial charge in [0.05, 0.1) is 11.1 Å². The highest BCUT2D eigenvalue weighted by atomic mass is 32.2. The minimum atomic E-state index is 0.191. The Balaban J connectivity index is 1.47. The van der Waals surface area contributed by atoms with Gasteiger partial charge in [-0.15, -0.1) is 11.3 Å². The third kappa shape index (κ3) is 3.83. The molecule has 1 saturated carbocycles. The number of aromatic nitrogens is 2. The molecular formula is C19H26N4OS2. The maximum absolute atomic E-state index is 12.6. The monoisotopic (exact) mass is 390 g/mol. The molecule has 0 bridgehead atoms. The molecule has 0 saturated heterocycles. The first-order valence-electron chi connectivity index (χ1n) is 9.64. The van der Waals surface area contributed by atoms with E-state index in [2.05, 4.69) is 11.9 Å². The number of thioether (sulfide) groups is 1. The maximum atomic E-state index is 12.6. The predicted molar refractivity (Wildman–Crippen MR) is 109 cm³/mol. The van der Waals surface area contributed by atoms with E-state index in [4.69, 9.17) is 10.7 Å². The van der Waals surface area contributed by atoms with Crippen LogP contribution < -0.4 is 5.73 Å². The highest BCUT2D eigenvalue weighted by molar-refractivity contribution is 7.99. The van der Waals surface area contributed by atoms with E-state index >= 15 is 0 Å². The van der Waals surface area contributed by atoms with Gasteiger partial charge in [-0.3, -0.25) is 4.79 Å². The first-order chi connectivity index (χ1) is 12.7. The number of rotatable bonds is 7. The summed E-state index contributed by atoms with van der Waals surface area (Å²) in [6.45, 7) is 3.87. The Labute approximate surface area is 162 Å². The summed E-state index contributed by atoms with van der Waals surface area (Å²) in [7, 11) is 0. The van der Waals surface area contributed by atoms with Gasteiger partial charge in [0.2, 0.25) is 5.91 Å². The van der Waals surface area contributed by atoms with Crippen LogP contribution in [0.2, 0.25) is 0 Å². The number of anilines is 1. The lowest BCUT2D eigenvalue weighted by molar-refractivity contribution is -0.128. The van der Waals surface area contributed by atoms with Crippen LogP contribution in [0.4, 0.5) is 5.82 Å². The molecule has 26 heavy (non-hydrogen) atoms. The highest BCUT2D eigenvalue weighted by Crippen LogP contribution is 2.38. The average Bonchev–Trinajstić information content (AvgIpc) is 3.36. The zero-order valence-electron chi connectivity index (χ0n) is 15.3. The van der Waals surface area contributed by atoms with Gasteiger partial charge >= 0.3 is 0 Å². The summed E-state index contributed by atoms with van der Waals surface area (Å²) in [6, 6.07) is 0. The van der Waals surface area contributed by atoms with Crippen molar-refractivity contribution in [1.82, 2.24) is 14.9 Å². The smallest absolute Gasteiger partial charge is 0.233 e. The highest BCUT2D eigenvalue weighted by Gasteiger charge is 2.26.